The van der Waals surface area contributed by atoms with Gasteiger partial charge < -0.3 is 0 Å². The molecule has 1 atom stereocenters. The molecule has 25 heavy (non-hydrogen) atoms. The molecule has 0 N–H and O–H groups in total. The number of halogens is 1. The monoisotopic (exact) mass is 344 g/mol. The van der Waals surface area contributed by atoms with E-state index in [0.717, 1.165) is 5.02 Å². The minimum Gasteiger partial charge on any atom is -0.0843 e. The Labute approximate surface area is 154 Å². The Bertz CT molecular complexity index is 954. The summed E-state index contributed by atoms with van der Waals surface area (Å²) in [4.78, 5) is 0. The summed E-state index contributed by atoms with van der Waals surface area (Å²) in [6.07, 6.45) is 6.06. The minimum atomic E-state index is 0.491. The van der Waals surface area contributed by atoms with E-state index >= 15 is 0 Å². The van der Waals surface area contributed by atoms with Crippen LogP contribution in [0.1, 0.15) is 46.6 Å². The highest BCUT2D eigenvalue weighted by atomic mass is 35.5. The van der Waals surface area contributed by atoms with Gasteiger partial charge in [-0.25, -0.2) is 0 Å². The van der Waals surface area contributed by atoms with Gasteiger partial charge in [-0.15, -0.1) is 0 Å². The van der Waals surface area contributed by atoms with Crippen LogP contribution in [0.25, 0.3) is 11.1 Å². The number of rotatable bonds is 1. The summed E-state index contributed by atoms with van der Waals surface area (Å²) in [6, 6.07) is 22.1. The van der Waals surface area contributed by atoms with Crippen LogP contribution in [-0.4, -0.2) is 0 Å². The maximum absolute atomic E-state index is 6.26. The summed E-state index contributed by atoms with van der Waals surface area (Å²) in [5, 5.41) is 0.844. The fraction of sp³-hybridized carbons (Fsp3) is 0.250. The van der Waals surface area contributed by atoms with Crippen LogP contribution >= 0.6 is 11.6 Å². The maximum atomic E-state index is 6.26. The molecule has 124 valence electrons. The molecule has 3 aromatic rings. The van der Waals surface area contributed by atoms with Crippen molar-refractivity contribution in [3.63, 3.8) is 0 Å². The van der Waals surface area contributed by atoms with Gasteiger partial charge in [0.2, 0.25) is 0 Å². The number of hydrogen-bond donors (Lipinski definition) is 0. The van der Waals surface area contributed by atoms with Gasteiger partial charge in [0, 0.05) is 10.9 Å². The van der Waals surface area contributed by atoms with E-state index in [1.807, 2.05) is 6.07 Å². The summed E-state index contributed by atoms with van der Waals surface area (Å²) in [6.45, 7) is 0. The molecule has 0 heterocycles. The third-order valence-corrected chi connectivity index (χ3v) is 6.20. The predicted octanol–water partition coefficient (Wildman–Crippen LogP) is 6.57. The van der Waals surface area contributed by atoms with Crippen molar-refractivity contribution < 1.29 is 0 Å². The highest BCUT2D eigenvalue weighted by Crippen LogP contribution is 2.43. The Hall–Kier alpha value is -2.05. The fourth-order valence-corrected chi connectivity index (χ4v) is 5.04. The van der Waals surface area contributed by atoms with Crippen molar-refractivity contribution in [1.29, 1.82) is 0 Å². The second-order valence-corrected chi connectivity index (χ2v) is 7.75. The molecule has 0 saturated carbocycles. The van der Waals surface area contributed by atoms with E-state index in [0.29, 0.717) is 5.92 Å². The number of aryl methyl sites for hydroxylation is 1. The molecule has 1 unspecified atom stereocenters. The zero-order valence-corrected chi connectivity index (χ0v) is 15.0. The van der Waals surface area contributed by atoms with Gasteiger partial charge >= 0.3 is 0 Å². The van der Waals surface area contributed by atoms with Gasteiger partial charge in [-0.05, 0) is 83.2 Å². The lowest BCUT2D eigenvalue weighted by Crippen LogP contribution is -2.16. The third kappa shape index (κ3) is 2.51. The Morgan fingerprint density at radius 2 is 1.68 bits per heavy atom. The molecular formula is C24H21Cl. The van der Waals surface area contributed by atoms with Crippen LogP contribution in [0.3, 0.4) is 0 Å². The lowest BCUT2D eigenvalue weighted by molar-refractivity contribution is 0.610. The Morgan fingerprint density at radius 1 is 0.760 bits per heavy atom. The van der Waals surface area contributed by atoms with E-state index < -0.39 is 0 Å². The van der Waals surface area contributed by atoms with E-state index in [1.165, 1.54) is 59.9 Å². The second-order valence-electron chi connectivity index (χ2n) is 7.32. The predicted molar refractivity (Wildman–Crippen MR) is 106 cm³/mol. The van der Waals surface area contributed by atoms with Crippen LogP contribution in [0, 0.1) is 0 Å². The van der Waals surface area contributed by atoms with Crippen molar-refractivity contribution in [2.45, 2.75) is 38.0 Å². The molecule has 5 rings (SSSR count). The third-order valence-electron chi connectivity index (χ3n) is 5.97. The van der Waals surface area contributed by atoms with Gasteiger partial charge in [0.05, 0.1) is 0 Å². The van der Waals surface area contributed by atoms with E-state index in [2.05, 4.69) is 54.6 Å². The molecule has 0 fully saturated rings. The van der Waals surface area contributed by atoms with Gasteiger partial charge in [0.15, 0.2) is 0 Å². The first-order chi connectivity index (χ1) is 12.3. The number of hydrogen-bond acceptors (Lipinski definition) is 0. The van der Waals surface area contributed by atoms with Crippen LogP contribution in [0.15, 0.2) is 60.7 Å². The van der Waals surface area contributed by atoms with Crippen molar-refractivity contribution in [2.24, 2.45) is 0 Å². The fourth-order valence-electron chi connectivity index (χ4n) is 4.84. The highest BCUT2D eigenvalue weighted by Gasteiger charge is 2.27. The number of benzene rings is 3. The molecule has 3 aromatic carbocycles. The molecule has 0 amide bonds. The smallest absolute Gasteiger partial charge is 0.0408 e. The zero-order chi connectivity index (χ0) is 16.8. The number of fused-ring (bicyclic) bond motifs is 5. The van der Waals surface area contributed by atoms with Crippen LogP contribution in [0.2, 0.25) is 5.02 Å². The molecule has 0 nitrogen and oxygen atoms in total. The van der Waals surface area contributed by atoms with Crippen molar-refractivity contribution >= 4 is 11.6 Å². The normalized spacial score (nSPS) is 18.2. The molecule has 0 saturated heterocycles. The first kappa shape index (κ1) is 15.2. The summed E-state index contributed by atoms with van der Waals surface area (Å²) < 4.78 is 0. The summed E-state index contributed by atoms with van der Waals surface area (Å²) >= 11 is 6.26. The summed E-state index contributed by atoms with van der Waals surface area (Å²) in [5.74, 6) is 0.491. The molecule has 0 radical (unpaired) electrons. The van der Waals surface area contributed by atoms with Gasteiger partial charge in [0.25, 0.3) is 0 Å². The van der Waals surface area contributed by atoms with E-state index in [-0.39, 0.29) is 0 Å². The molecular weight excluding hydrogens is 324 g/mol. The van der Waals surface area contributed by atoms with Crippen molar-refractivity contribution in [1.82, 2.24) is 0 Å². The van der Waals surface area contributed by atoms with Crippen LogP contribution < -0.4 is 0 Å². The Balaban J connectivity index is 1.66. The van der Waals surface area contributed by atoms with Crippen LogP contribution in [0.4, 0.5) is 0 Å². The first-order valence-electron chi connectivity index (χ1n) is 9.29. The lowest BCUT2D eigenvalue weighted by Gasteiger charge is -2.31. The second kappa shape index (κ2) is 6.04. The minimum absolute atomic E-state index is 0.491. The topological polar surface area (TPSA) is 0 Å². The molecule has 2 aliphatic rings. The standard InChI is InChI=1S/C24H21Cl/c25-18-7-3-6-17(15-18)20-9-4-10-21-23(20)14-13-22-19-8-2-1-5-16(19)11-12-24(21)22/h1-3,5-8,13-15,20H,4,9-12H2. The molecule has 0 spiro atoms. The molecule has 0 aromatic heterocycles. The molecule has 0 bridgehead atoms. The Morgan fingerprint density at radius 3 is 2.60 bits per heavy atom. The van der Waals surface area contributed by atoms with Crippen molar-refractivity contribution in [3.05, 3.63) is 93.5 Å². The molecule has 0 aliphatic heterocycles. The highest BCUT2D eigenvalue weighted by molar-refractivity contribution is 6.30. The average Bonchev–Trinajstić information content (AvgIpc) is 2.67. The SMILES string of the molecule is Clc1cccc(C2CCCc3c2ccc2c3CCc3ccccc3-2)c1. The maximum Gasteiger partial charge on any atom is 0.0408 e. The van der Waals surface area contributed by atoms with Gasteiger partial charge in [-0.2, -0.15) is 0 Å². The summed E-state index contributed by atoms with van der Waals surface area (Å²) in [5.41, 5.74) is 10.5. The van der Waals surface area contributed by atoms with Crippen LogP contribution in [0.5, 0.6) is 0 Å². The quantitative estimate of drug-likeness (QED) is 0.468. The molecule has 2 aliphatic carbocycles. The van der Waals surface area contributed by atoms with E-state index in [9.17, 15) is 0 Å². The van der Waals surface area contributed by atoms with Crippen molar-refractivity contribution in [2.75, 3.05) is 0 Å². The van der Waals surface area contributed by atoms with Crippen LogP contribution in [-0.2, 0) is 19.3 Å². The van der Waals surface area contributed by atoms with E-state index in [1.54, 1.807) is 11.1 Å². The lowest BCUT2D eigenvalue weighted by atomic mass is 9.73. The van der Waals surface area contributed by atoms with Gasteiger partial charge in [0.1, 0.15) is 0 Å². The van der Waals surface area contributed by atoms with Gasteiger partial charge in [-0.3, -0.25) is 0 Å². The average molecular weight is 345 g/mol. The zero-order valence-electron chi connectivity index (χ0n) is 14.3. The van der Waals surface area contributed by atoms with Crippen molar-refractivity contribution in [3.8, 4) is 11.1 Å². The van der Waals surface area contributed by atoms with E-state index in [4.69, 9.17) is 11.6 Å². The first-order valence-corrected chi connectivity index (χ1v) is 9.67. The Kier molecular flexibility index (Phi) is 3.68. The van der Waals surface area contributed by atoms with Gasteiger partial charge in [-0.1, -0.05) is 60.1 Å². The largest absolute Gasteiger partial charge is 0.0843 e. The molecule has 1 heteroatoms. The summed E-state index contributed by atoms with van der Waals surface area (Å²) in [7, 11) is 0.